The third kappa shape index (κ3) is 1.84. The third-order valence-corrected chi connectivity index (χ3v) is 2.22. The Bertz CT molecular complexity index is 129. The molecule has 0 amide bonds. The molecule has 0 aliphatic heterocycles. The number of hydrogen-bond acceptors (Lipinski definition) is 1. The molecule has 0 radical (unpaired) electrons. The molecule has 1 rings (SSSR count). The van der Waals surface area contributed by atoms with Gasteiger partial charge in [-0.15, -0.1) is 0 Å². The van der Waals surface area contributed by atoms with Crippen LogP contribution in [0.2, 0.25) is 0 Å². The fourth-order valence-electron chi connectivity index (χ4n) is 1.63. The zero-order valence-electron chi connectivity index (χ0n) is 6.98. The Morgan fingerprint density at radius 3 is 2.90 bits per heavy atom. The van der Waals surface area contributed by atoms with Gasteiger partial charge in [-0.25, -0.2) is 0 Å². The second kappa shape index (κ2) is 3.20. The second-order valence-electron chi connectivity index (χ2n) is 3.48. The van der Waals surface area contributed by atoms with Crippen molar-refractivity contribution >= 4 is 0 Å². The van der Waals surface area contributed by atoms with Crippen LogP contribution in [0.15, 0.2) is 12.2 Å². The van der Waals surface area contributed by atoms with Crippen molar-refractivity contribution in [1.29, 1.82) is 0 Å². The van der Waals surface area contributed by atoms with E-state index >= 15 is 0 Å². The molecule has 1 heteroatoms. The molecule has 1 aliphatic rings. The van der Waals surface area contributed by atoms with Crippen LogP contribution in [0.1, 0.15) is 26.2 Å². The molecule has 58 valence electrons. The van der Waals surface area contributed by atoms with Gasteiger partial charge in [-0.1, -0.05) is 19.1 Å². The van der Waals surface area contributed by atoms with Crippen molar-refractivity contribution in [2.24, 2.45) is 5.41 Å². The van der Waals surface area contributed by atoms with E-state index in [1.165, 1.54) is 19.3 Å². The van der Waals surface area contributed by atoms with E-state index in [-0.39, 0.29) is 0 Å². The molecule has 0 spiro atoms. The molecular formula is C9H17N. The largest absolute Gasteiger partial charge is 0.319 e. The summed E-state index contributed by atoms with van der Waals surface area (Å²) >= 11 is 0. The van der Waals surface area contributed by atoms with Gasteiger partial charge in [-0.05, 0) is 31.7 Å². The van der Waals surface area contributed by atoms with Crippen molar-refractivity contribution in [1.82, 2.24) is 5.32 Å². The van der Waals surface area contributed by atoms with E-state index in [1.54, 1.807) is 0 Å². The molecule has 1 nitrogen and oxygen atoms in total. The molecular weight excluding hydrogens is 122 g/mol. The number of hydrogen-bond donors (Lipinski definition) is 1. The van der Waals surface area contributed by atoms with Gasteiger partial charge in [-0.2, -0.15) is 0 Å². The van der Waals surface area contributed by atoms with Crippen LogP contribution in [0.25, 0.3) is 0 Å². The van der Waals surface area contributed by atoms with Gasteiger partial charge < -0.3 is 5.32 Å². The molecule has 1 unspecified atom stereocenters. The first-order valence-electron chi connectivity index (χ1n) is 4.09. The quantitative estimate of drug-likeness (QED) is 0.577. The van der Waals surface area contributed by atoms with E-state index in [9.17, 15) is 0 Å². The summed E-state index contributed by atoms with van der Waals surface area (Å²) < 4.78 is 0. The molecule has 10 heavy (non-hydrogen) atoms. The lowest BCUT2D eigenvalue weighted by Crippen LogP contribution is -2.28. The van der Waals surface area contributed by atoms with E-state index in [1.807, 2.05) is 7.05 Å². The molecule has 1 atom stereocenters. The van der Waals surface area contributed by atoms with Gasteiger partial charge in [0.15, 0.2) is 0 Å². The van der Waals surface area contributed by atoms with Crippen LogP contribution in [0, 0.1) is 5.41 Å². The third-order valence-electron chi connectivity index (χ3n) is 2.22. The molecule has 0 saturated heterocycles. The summed E-state index contributed by atoms with van der Waals surface area (Å²) in [5.41, 5.74) is 0.438. The van der Waals surface area contributed by atoms with E-state index in [0.29, 0.717) is 5.41 Å². The molecule has 1 N–H and O–H groups in total. The first-order chi connectivity index (χ1) is 4.77. The molecule has 0 fully saturated rings. The topological polar surface area (TPSA) is 12.0 Å². The molecule has 0 saturated carbocycles. The highest BCUT2D eigenvalue weighted by Crippen LogP contribution is 2.29. The smallest absolute Gasteiger partial charge is 0.00368 e. The van der Waals surface area contributed by atoms with Crippen molar-refractivity contribution in [3.8, 4) is 0 Å². The first kappa shape index (κ1) is 7.80. The Kier molecular flexibility index (Phi) is 2.50. The molecule has 1 aliphatic carbocycles. The minimum atomic E-state index is 0.438. The van der Waals surface area contributed by atoms with Gasteiger partial charge in [0.05, 0.1) is 0 Å². The minimum absolute atomic E-state index is 0.438. The summed E-state index contributed by atoms with van der Waals surface area (Å²) in [6, 6.07) is 0. The highest BCUT2D eigenvalue weighted by Gasteiger charge is 2.20. The lowest BCUT2D eigenvalue weighted by molar-refractivity contribution is 0.352. The fraction of sp³-hybridized carbons (Fsp3) is 0.778. The Balaban J connectivity index is 2.48. The molecule has 0 heterocycles. The van der Waals surface area contributed by atoms with Crippen LogP contribution in [-0.2, 0) is 0 Å². The van der Waals surface area contributed by atoms with Gasteiger partial charge in [0.1, 0.15) is 0 Å². The number of nitrogens with one attached hydrogen (secondary N) is 1. The van der Waals surface area contributed by atoms with Crippen LogP contribution in [0.5, 0.6) is 0 Å². The van der Waals surface area contributed by atoms with Crippen molar-refractivity contribution in [2.75, 3.05) is 13.6 Å². The Hall–Kier alpha value is -0.300. The summed E-state index contributed by atoms with van der Waals surface area (Å²) in [6.45, 7) is 3.43. The molecule has 0 aromatic heterocycles. The van der Waals surface area contributed by atoms with Crippen molar-refractivity contribution in [3.05, 3.63) is 12.2 Å². The highest BCUT2D eigenvalue weighted by molar-refractivity contribution is 5.02. The molecule has 0 aromatic rings. The van der Waals surface area contributed by atoms with Crippen molar-refractivity contribution in [2.45, 2.75) is 26.2 Å². The van der Waals surface area contributed by atoms with Crippen LogP contribution < -0.4 is 5.32 Å². The standard InChI is InChI=1S/C9H17N/c1-9(8-10-2)6-4-3-5-7-9/h4,6,10H,3,5,7-8H2,1-2H3. The van der Waals surface area contributed by atoms with Crippen LogP contribution in [0.3, 0.4) is 0 Å². The maximum Gasteiger partial charge on any atom is 0.00368 e. The van der Waals surface area contributed by atoms with E-state index in [2.05, 4.69) is 24.4 Å². The fourth-order valence-corrected chi connectivity index (χ4v) is 1.63. The van der Waals surface area contributed by atoms with Gasteiger partial charge in [0.25, 0.3) is 0 Å². The number of allylic oxidation sites excluding steroid dienone is 1. The summed E-state index contributed by atoms with van der Waals surface area (Å²) in [7, 11) is 2.02. The second-order valence-corrected chi connectivity index (χ2v) is 3.48. The maximum absolute atomic E-state index is 3.23. The normalized spacial score (nSPS) is 32.6. The van der Waals surface area contributed by atoms with Crippen LogP contribution >= 0.6 is 0 Å². The number of rotatable bonds is 2. The van der Waals surface area contributed by atoms with Gasteiger partial charge in [0.2, 0.25) is 0 Å². The SMILES string of the molecule is CNCC1(C)C=CCCC1. The monoisotopic (exact) mass is 139 g/mol. The van der Waals surface area contributed by atoms with Crippen molar-refractivity contribution in [3.63, 3.8) is 0 Å². The van der Waals surface area contributed by atoms with Crippen LogP contribution in [-0.4, -0.2) is 13.6 Å². The Morgan fingerprint density at radius 1 is 1.60 bits per heavy atom. The zero-order valence-corrected chi connectivity index (χ0v) is 6.98. The maximum atomic E-state index is 3.23. The van der Waals surface area contributed by atoms with E-state index in [0.717, 1.165) is 6.54 Å². The summed E-state index contributed by atoms with van der Waals surface area (Å²) in [6.07, 6.45) is 8.63. The Morgan fingerprint density at radius 2 is 2.40 bits per heavy atom. The molecule has 0 bridgehead atoms. The minimum Gasteiger partial charge on any atom is -0.319 e. The van der Waals surface area contributed by atoms with E-state index in [4.69, 9.17) is 0 Å². The van der Waals surface area contributed by atoms with Gasteiger partial charge >= 0.3 is 0 Å². The van der Waals surface area contributed by atoms with Gasteiger partial charge in [0, 0.05) is 6.54 Å². The van der Waals surface area contributed by atoms with Gasteiger partial charge in [-0.3, -0.25) is 0 Å². The molecule has 0 aromatic carbocycles. The average Bonchev–Trinajstić information content (AvgIpc) is 1.89. The summed E-state index contributed by atoms with van der Waals surface area (Å²) in [5, 5.41) is 3.23. The summed E-state index contributed by atoms with van der Waals surface area (Å²) in [4.78, 5) is 0. The average molecular weight is 139 g/mol. The van der Waals surface area contributed by atoms with E-state index < -0.39 is 0 Å². The van der Waals surface area contributed by atoms with Crippen LogP contribution in [0.4, 0.5) is 0 Å². The zero-order chi connectivity index (χ0) is 7.45. The summed E-state index contributed by atoms with van der Waals surface area (Å²) in [5.74, 6) is 0. The predicted molar refractivity (Wildman–Crippen MR) is 45.0 cm³/mol. The lowest BCUT2D eigenvalue weighted by atomic mass is 9.81. The van der Waals surface area contributed by atoms with Crippen molar-refractivity contribution < 1.29 is 0 Å². The Labute approximate surface area is 63.5 Å². The first-order valence-corrected chi connectivity index (χ1v) is 4.09. The highest BCUT2D eigenvalue weighted by atomic mass is 14.8. The predicted octanol–water partition coefficient (Wildman–Crippen LogP) is 1.95. The lowest BCUT2D eigenvalue weighted by Gasteiger charge is -2.28.